The van der Waals surface area contributed by atoms with Gasteiger partial charge in [0.25, 0.3) is 5.95 Å². The Kier molecular flexibility index (Phi) is 6.82. The number of thioether (sulfide) groups is 1. The van der Waals surface area contributed by atoms with Gasteiger partial charge in [-0.05, 0) is 42.5 Å². The lowest BCUT2D eigenvalue weighted by Gasteiger charge is -2.20. The zero-order valence-electron chi connectivity index (χ0n) is 13.9. The maximum Gasteiger partial charge on any atom is 0.312 e. The summed E-state index contributed by atoms with van der Waals surface area (Å²) in [6.07, 6.45) is 8.78. The van der Waals surface area contributed by atoms with E-state index >= 15 is 0 Å². The van der Waals surface area contributed by atoms with E-state index in [1.165, 1.54) is 11.8 Å². The van der Waals surface area contributed by atoms with E-state index in [0.717, 1.165) is 29.7 Å². The van der Waals surface area contributed by atoms with Crippen LogP contribution in [0.5, 0.6) is 5.75 Å². The lowest BCUT2D eigenvalue weighted by atomic mass is 10.0. The summed E-state index contributed by atoms with van der Waals surface area (Å²) < 4.78 is 11.9. The van der Waals surface area contributed by atoms with Gasteiger partial charge in [0.1, 0.15) is 11.5 Å². The van der Waals surface area contributed by atoms with Gasteiger partial charge in [-0.1, -0.05) is 47.7 Å². The quantitative estimate of drug-likeness (QED) is 0.396. The highest BCUT2D eigenvalue weighted by Gasteiger charge is 2.17. The maximum absolute atomic E-state index is 10.2. The van der Waals surface area contributed by atoms with Crippen molar-refractivity contribution in [2.45, 2.75) is 19.3 Å². The van der Waals surface area contributed by atoms with Gasteiger partial charge < -0.3 is 14.3 Å². The summed E-state index contributed by atoms with van der Waals surface area (Å²) in [6.45, 7) is 0.802. The first-order valence-electron chi connectivity index (χ1n) is 8.14. The Labute approximate surface area is 161 Å². The molecule has 0 amide bonds. The van der Waals surface area contributed by atoms with Gasteiger partial charge in [-0.3, -0.25) is 4.79 Å². The summed E-state index contributed by atoms with van der Waals surface area (Å²) in [5.41, 5.74) is 4.62. The summed E-state index contributed by atoms with van der Waals surface area (Å²) >= 11 is 7.62. The normalized spacial score (nSPS) is 16.1. The van der Waals surface area contributed by atoms with E-state index in [1.54, 1.807) is 17.5 Å². The van der Waals surface area contributed by atoms with Crippen molar-refractivity contribution in [2.24, 2.45) is 0 Å². The summed E-state index contributed by atoms with van der Waals surface area (Å²) in [6, 6.07) is 5.41. The Morgan fingerprint density at radius 1 is 1.35 bits per heavy atom. The maximum atomic E-state index is 10.2. The van der Waals surface area contributed by atoms with E-state index in [9.17, 15) is 4.79 Å². The molecule has 136 valence electrons. The standard InChI is InChI=1S/C19H18ClNO4S/c20-16-7-6-15(8-9-21-23-13-22)17(10-16)24-19-12-26-11-18(25-19)14-4-2-1-3-5-14/h1-2,4,6-7,10-13,21H,3,5,8-9H2. The molecule has 0 fully saturated rings. The van der Waals surface area contributed by atoms with Crippen LogP contribution in [-0.4, -0.2) is 13.0 Å². The molecule has 0 radical (unpaired) electrons. The van der Waals surface area contributed by atoms with Crippen molar-refractivity contribution >= 4 is 29.8 Å². The van der Waals surface area contributed by atoms with Crippen LogP contribution >= 0.6 is 23.4 Å². The molecule has 0 saturated heterocycles. The van der Waals surface area contributed by atoms with Gasteiger partial charge in [0.2, 0.25) is 0 Å². The van der Waals surface area contributed by atoms with Gasteiger partial charge in [0, 0.05) is 17.0 Å². The Balaban J connectivity index is 1.67. The average molecular weight is 392 g/mol. The minimum Gasteiger partial charge on any atom is -0.425 e. The number of nitrogens with one attached hydrogen (secondary N) is 1. The van der Waals surface area contributed by atoms with Crippen LogP contribution in [-0.2, 0) is 20.8 Å². The molecule has 0 bridgehead atoms. The average Bonchev–Trinajstić information content (AvgIpc) is 2.68. The number of rotatable bonds is 8. The molecule has 1 aromatic rings. The summed E-state index contributed by atoms with van der Waals surface area (Å²) in [7, 11) is 0. The minimum atomic E-state index is 0.347. The largest absolute Gasteiger partial charge is 0.425 e. The summed E-state index contributed by atoms with van der Waals surface area (Å²) in [5.74, 6) is 1.82. The Bertz CT molecular complexity index is 786. The van der Waals surface area contributed by atoms with Gasteiger partial charge in [0.05, 0.1) is 5.41 Å². The van der Waals surface area contributed by atoms with Crippen molar-refractivity contribution in [1.29, 1.82) is 0 Å². The number of hydroxylamine groups is 1. The number of carbonyl (C=O) groups is 1. The van der Waals surface area contributed by atoms with Crippen molar-refractivity contribution in [3.8, 4) is 5.75 Å². The van der Waals surface area contributed by atoms with Crippen molar-refractivity contribution in [1.82, 2.24) is 5.48 Å². The van der Waals surface area contributed by atoms with E-state index in [2.05, 4.69) is 22.5 Å². The van der Waals surface area contributed by atoms with Gasteiger partial charge >= 0.3 is 6.47 Å². The van der Waals surface area contributed by atoms with Crippen LogP contribution in [0.25, 0.3) is 0 Å². The third-order valence-electron chi connectivity index (χ3n) is 3.75. The highest BCUT2D eigenvalue weighted by Crippen LogP contribution is 2.33. The Morgan fingerprint density at radius 3 is 3.08 bits per heavy atom. The molecule has 1 aliphatic carbocycles. The molecule has 0 aromatic heterocycles. The monoisotopic (exact) mass is 391 g/mol. The molecule has 0 spiro atoms. The fourth-order valence-electron chi connectivity index (χ4n) is 2.52. The molecule has 5 nitrogen and oxygen atoms in total. The smallest absolute Gasteiger partial charge is 0.312 e. The third kappa shape index (κ3) is 5.17. The second kappa shape index (κ2) is 9.52. The number of allylic oxidation sites excluding steroid dienone is 4. The lowest BCUT2D eigenvalue weighted by Crippen LogP contribution is -2.17. The number of ether oxygens (including phenoxy) is 2. The molecule has 0 saturated carbocycles. The van der Waals surface area contributed by atoms with Crippen molar-refractivity contribution < 1.29 is 19.1 Å². The molecular formula is C19H18ClNO4S. The summed E-state index contributed by atoms with van der Waals surface area (Å²) in [4.78, 5) is 14.7. The van der Waals surface area contributed by atoms with E-state index in [-0.39, 0.29) is 0 Å². The number of carbonyl (C=O) groups excluding carboxylic acids is 1. The van der Waals surface area contributed by atoms with E-state index < -0.39 is 0 Å². The van der Waals surface area contributed by atoms with Gasteiger partial charge in [-0.15, -0.1) is 0 Å². The number of hydrogen-bond donors (Lipinski definition) is 1. The van der Waals surface area contributed by atoms with Crippen LogP contribution in [0.2, 0.25) is 5.02 Å². The fraction of sp³-hybridized carbons (Fsp3) is 0.211. The zero-order chi connectivity index (χ0) is 18.2. The zero-order valence-corrected chi connectivity index (χ0v) is 15.5. The molecule has 1 aliphatic heterocycles. The van der Waals surface area contributed by atoms with Crippen LogP contribution in [0.4, 0.5) is 0 Å². The molecule has 3 rings (SSSR count). The Morgan fingerprint density at radius 2 is 2.27 bits per heavy atom. The first kappa shape index (κ1) is 18.6. The van der Waals surface area contributed by atoms with E-state index in [4.69, 9.17) is 21.1 Å². The number of halogens is 1. The molecule has 2 aliphatic rings. The number of hydrogen-bond acceptors (Lipinski definition) is 6. The first-order valence-corrected chi connectivity index (χ1v) is 9.46. The van der Waals surface area contributed by atoms with Gasteiger partial charge in [-0.2, -0.15) is 5.48 Å². The molecule has 1 aromatic carbocycles. The first-order chi connectivity index (χ1) is 12.8. The predicted molar refractivity (Wildman–Crippen MR) is 102 cm³/mol. The van der Waals surface area contributed by atoms with Crippen LogP contribution in [0.15, 0.2) is 64.5 Å². The van der Waals surface area contributed by atoms with Crippen LogP contribution in [0.3, 0.4) is 0 Å². The SMILES string of the molecule is O=CONCCc1ccc(Cl)cc1OC1=CSC=C(C2=CC=CCC2)O1. The molecule has 1 N–H and O–H groups in total. The van der Waals surface area contributed by atoms with E-state index in [0.29, 0.717) is 36.2 Å². The lowest BCUT2D eigenvalue weighted by molar-refractivity contribution is -0.135. The molecule has 0 atom stereocenters. The van der Waals surface area contributed by atoms with Crippen LogP contribution in [0, 0.1) is 0 Å². The fourth-order valence-corrected chi connectivity index (χ4v) is 3.28. The minimum absolute atomic E-state index is 0.347. The highest BCUT2D eigenvalue weighted by molar-refractivity contribution is 8.05. The van der Waals surface area contributed by atoms with Crippen molar-refractivity contribution in [3.05, 3.63) is 75.1 Å². The Hall–Kier alpha value is -2.15. The molecule has 7 heteroatoms. The van der Waals surface area contributed by atoms with Crippen LogP contribution < -0.4 is 10.2 Å². The van der Waals surface area contributed by atoms with Gasteiger partial charge in [0.15, 0.2) is 0 Å². The van der Waals surface area contributed by atoms with Crippen molar-refractivity contribution in [2.75, 3.05) is 6.54 Å². The molecular weight excluding hydrogens is 374 g/mol. The molecule has 1 heterocycles. The van der Waals surface area contributed by atoms with Gasteiger partial charge in [-0.25, -0.2) is 0 Å². The van der Waals surface area contributed by atoms with Crippen LogP contribution in [0.1, 0.15) is 18.4 Å². The second-order valence-electron chi connectivity index (χ2n) is 5.53. The third-order valence-corrected chi connectivity index (χ3v) is 4.66. The van der Waals surface area contributed by atoms with Crippen molar-refractivity contribution in [3.63, 3.8) is 0 Å². The number of benzene rings is 1. The summed E-state index contributed by atoms with van der Waals surface area (Å²) in [5, 5.41) is 4.35. The van der Waals surface area contributed by atoms with E-state index in [1.807, 2.05) is 17.6 Å². The highest BCUT2D eigenvalue weighted by atomic mass is 35.5. The molecule has 26 heavy (non-hydrogen) atoms. The second-order valence-corrected chi connectivity index (χ2v) is 6.71. The topological polar surface area (TPSA) is 56.8 Å². The predicted octanol–water partition coefficient (Wildman–Crippen LogP) is 4.62. The molecule has 0 unspecified atom stereocenters.